The molecule has 1 aromatic heterocycles. The summed E-state index contributed by atoms with van der Waals surface area (Å²) in [7, 11) is 0. The van der Waals surface area contributed by atoms with Crippen LogP contribution >= 0.6 is 0 Å². The van der Waals surface area contributed by atoms with E-state index in [2.05, 4.69) is 19.1 Å². The van der Waals surface area contributed by atoms with E-state index in [1.54, 1.807) is 24.3 Å². The van der Waals surface area contributed by atoms with Crippen LogP contribution in [0.1, 0.15) is 68.1 Å². The molecule has 0 bridgehead atoms. The lowest BCUT2D eigenvalue weighted by Crippen LogP contribution is -2.58. The number of nitrogens with zero attached hydrogens (tertiary/aromatic N) is 2. The molecule has 1 amide bonds. The maximum absolute atomic E-state index is 15.0. The molecular weight excluding hydrogens is 454 g/mol. The number of carbonyl (C=O) groups is 1. The molecule has 3 aliphatic heterocycles. The number of fused-ring (bicyclic) bond motifs is 6. The van der Waals surface area contributed by atoms with Gasteiger partial charge in [-0.2, -0.15) is 5.26 Å². The fraction of sp³-hybridized carbons (Fsp3) is 0.345. The smallest absolute Gasteiger partial charge is 0.345 e. The Morgan fingerprint density at radius 2 is 1.86 bits per heavy atom. The van der Waals surface area contributed by atoms with Crippen LogP contribution in [0.15, 0.2) is 63.1 Å². The molecule has 1 fully saturated rings. The first kappa shape index (κ1) is 21.3. The summed E-state index contributed by atoms with van der Waals surface area (Å²) in [5, 5.41) is 10.9. The van der Waals surface area contributed by atoms with Gasteiger partial charge in [0.1, 0.15) is 22.8 Å². The molecule has 0 saturated heterocycles. The van der Waals surface area contributed by atoms with Crippen molar-refractivity contribution < 1.29 is 13.9 Å². The zero-order valence-electron chi connectivity index (χ0n) is 20.0. The van der Waals surface area contributed by atoms with Crippen molar-refractivity contribution >= 4 is 22.6 Å². The van der Waals surface area contributed by atoms with Crippen LogP contribution in [0.4, 0.5) is 5.69 Å². The number of rotatable bonds is 0. The lowest BCUT2D eigenvalue weighted by atomic mass is 9.68. The molecule has 2 atom stereocenters. The normalized spacial score (nSPS) is 25.6. The molecule has 2 spiro atoms. The predicted octanol–water partition coefficient (Wildman–Crippen LogP) is 4.72. The van der Waals surface area contributed by atoms with Gasteiger partial charge in [-0.1, -0.05) is 56.5 Å². The molecule has 36 heavy (non-hydrogen) atoms. The van der Waals surface area contributed by atoms with E-state index < -0.39 is 11.0 Å². The molecule has 0 radical (unpaired) electrons. The van der Waals surface area contributed by atoms with Crippen molar-refractivity contribution in [3.05, 3.63) is 81.0 Å². The third-order valence-electron chi connectivity index (χ3n) is 8.78. The van der Waals surface area contributed by atoms with Crippen molar-refractivity contribution in [2.75, 3.05) is 4.90 Å². The highest BCUT2D eigenvalue weighted by Gasteiger charge is 2.66. The zero-order chi connectivity index (χ0) is 24.8. The molecule has 180 valence electrons. The lowest BCUT2D eigenvalue weighted by Gasteiger charge is -2.50. The molecule has 7 rings (SSSR count). The molecule has 1 saturated carbocycles. The molecule has 2 N–H and O–H groups in total. The fourth-order valence-corrected chi connectivity index (χ4v) is 7.40. The number of anilines is 1. The van der Waals surface area contributed by atoms with Crippen LogP contribution in [0, 0.1) is 11.3 Å². The molecule has 4 heterocycles. The van der Waals surface area contributed by atoms with Gasteiger partial charge in [-0.05, 0) is 42.9 Å². The Hall–Kier alpha value is -4.05. The predicted molar refractivity (Wildman–Crippen MR) is 133 cm³/mol. The molecular formula is C29H25N3O4. The second-order valence-electron chi connectivity index (χ2n) is 10.6. The van der Waals surface area contributed by atoms with Crippen molar-refractivity contribution in [1.29, 1.82) is 5.26 Å². The van der Waals surface area contributed by atoms with Gasteiger partial charge in [0.25, 0.3) is 0 Å². The number of hydrogen-bond acceptors (Lipinski definition) is 6. The summed E-state index contributed by atoms with van der Waals surface area (Å²) in [6.07, 6.45) is 5.85. The zero-order valence-corrected chi connectivity index (χ0v) is 20.0. The fourth-order valence-electron chi connectivity index (χ4n) is 7.40. The minimum absolute atomic E-state index is 0.0402. The number of nitrogens with two attached hydrogens (primary N) is 1. The highest BCUT2D eigenvalue weighted by molar-refractivity contribution is 6.16. The van der Waals surface area contributed by atoms with E-state index in [-0.39, 0.29) is 40.1 Å². The van der Waals surface area contributed by atoms with Gasteiger partial charge in [0.15, 0.2) is 11.2 Å². The summed E-state index contributed by atoms with van der Waals surface area (Å²) in [4.78, 5) is 30.6. The Morgan fingerprint density at radius 3 is 2.64 bits per heavy atom. The number of hydrogen-bond donors (Lipinski definition) is 1. The summed E-state index contributed by atoms with van der Waals surface area (Å²) in [5.41, 5.74) is 6.45. The van der Waals surface area contributed by atoms with E-state index in [9.17, 15) is 14.9 Å². The highest BCUT2D eigenvalue weighted by Crippen LogP contribution is 2.62. The minimum Gasteiger partial charge on any atom is -0.439 e. The largest absolute Gasteiger partial charge is 0.439 e. The molecule has 2 aromatic carbocycles. The van der Waals surface area contributed by atoms with Crippen LogP contribution in [-0.2, 0) is 10.2 Å². The van der Waals surface area contributed by atoms with Crippen molar-refractivity contribution in [2.45, 2.75) is 62.3 Å². The van der Waals surface area contributed by atoms with Gasteiger partial charge in [-0.25, -0.2) is 4.79 Å². The van der Waals surface area contributed by atoms with E-state index in [1.807, 2.05) is 17.0 Å². The molecule has 1 aliphatic carbocycles. The average molecular weight is 480 g/mol. The van der Waals surface area contributed by atoms with Gasteiger partial charge >= 0.3 is 5.63 Å². The first-order valence-corrected chi connectivity index (χ1v) is 12.6. The van der Waals surface area contributed by atoms with Crippen LogP contribution in [0.25, 0.3) is 11.0 Å². The van der Waals surface area contributed by atoms with Gasteiger partial charge in [0.05, 0.1) is 11.1 Å². The first-order valence-electron chi connectivity index (χ1n) is 12.6. The van der Waals surface area contributed by atoms with Crippen molar-refractivity contribution in [3.8, 4) is 11.8 Å². The maximum Gasteiger partial charge on any atom is 0.345 e. The summed E-state index contributed by atoms with van der Waals surface area (Å²) in [5.74, 6) is -0.0333. The second-order valence-corrected chi connectivity index (χ2v) is 10.6. The van der Waals surface area contributed by atoms with Crippen LogP contribution in [-0.4, -0.2) is 11.4 Å². The highest BCUT2D eigenvalue weighted by atomic mass is 16.5. The summed E-state index contributed by atoms with van der Waals surface area (Å²) < 4.78 is 11.7. The number of nitriles is 1. The molecule has 4 aliphatic rings. The van der Waals surface area contributed by atoms with E-state index in [1.165, 1.54) is 0 Å². The summed E-state index contributed by atoms with van der Waals surface area (Å²) in [6.45, 7) is 2.20. The Balaban J connectivity index is 1.64. The van der Waals surface area contributed by atoms with E-state index in [0.29, 0.717) is 16.5 Å². The van der Waals surface area contributed by atoms with Gasteiger partial charge < -0.3 is 19.8 Å². The Morgan fingerprint density at radius 1 is 1.08 bits per heavy atom. The first-order chi connectivity index (χ1) is 17.4. The van der Waals surface area contributed by atoms with Gasteiger partial charge in [-0.15, -0.1) is 0 Å². The third-order valence-corrected chi connectivity index (χ3v) is 8.78. The number of para-hydroxylation sites is 2. The Labute approximate surface area is 207 Å². The number of benzene rings is 2. The van der Waals surface area contributed by atoms with Crippen LogP contribution in [0.2, 0.25) is 0 Å². The Bertz CT molecular complexity index is 1620. The lowest BCUT2D eigenvalue weighted by molar-refractivity contribution is -0.122. The summed E-state index contributed by atoms with van der Waals surface area (Å²) in [6, 6.07) is 15.0. The molecule has 0 unspecified atom stereocenters. The monoisotopic (exact) mass is 479 g/mol. The van der Waals surface area contributed by atoms with Gasteiger partial charge in [0.2, 0.25) is 11.8 Å². The van der Waals surface area contributed by atoms with Gasteiger partial charge in [0, 0.05) is 11.1 Å². The number of amides is 1. The Kier molecular flexibility index (Phi) is 4.14. The van der Waals surface area contributed by atoms with E-state index in [0.717, 1.165) is 49.8 Å². The van der Waals surface area contributed by atoms with Crippen LogP contribution in [0.3, 0.4) is 0 Å². The third kappa shape index (κ3) is 2.32. The maximum atomic E-state index is 15.0. The molecule has 7 heteroatoms. The van der Waals surface area contributed by atoms with Crippen molar-refractivity contribution in [3.63, 3.8) is 0 Å². The van der Waals surface area contributed by atoms with Gasteiger partial charge in [-0.3, -0.25) is 4.79 Å². The minimum atomic E-state index is -1.71. The van der Waals surface area contributed by atoms with Crippen molar-refractivity contribution in [2.24, 2.45) is 5.73 Å². The quantitative estimate of drug-likeness (QED) is 0.467. The van der Waals surface area contributed by atoms with Crippen LogP contribution in [0.5, 0.6) is 5.75 Å². The SMILES string of the molecule is C[C@@H]1CC2(CCCCC2)N2C(=O)[C@]3(C(C#N)=C(N)Oc4c3c(=O)oc3ccccc43)c3cccc1c32. The standard InChI is InChI=1S/C29H25N3O4/c1-16-14-28(12-5-2-6-13-28)32-23-17(16)9-7-10-19(23)29(27(32)34)20(15-30)25(31)36-24-18-8-3-4-11-21(18)35-26(33)22(24)29/h3-4,7-11,16H,2,5-6,12-14,31H2,1H3/t16-,29+/m1/s1. The molecule has 7 nitrogen and oxygen atoms in total. The number of carbonyl (C=O) groups excluding carboxylic acids is 1. The van der Waals surface area contributed by atoms with E-state index >= 15 is 0 Å². The summed E-state index contributed by atoms with van der Waals surface area (Å²) >= 11 is 0. The second kappa shape index (κ2) is 7.01. The average Bonchev–Trinajstić information content (AvgIpc) is 3.13. The number of ether oxygens (including phenoxy) is 1. The van der Waals surface area contributed by atoms with E-state index in [4.69, 9.17) is 14.9 Å². The van der Waals surface area contributed by atoms with Crippen molar-refractivity contribution in [1.82, 2.24) is 0 Å². The molecule has 3 aromatic rings. The topological polar surface area (TPSA) is 110 Å². The van der Waals surface area contributed by atoms with Crippen LogP contribution < -0.4 is 21.0 Å².